The summed E-state index contributed by atoms with van der Waals surface area (Å²) in [5.41, 5.74) is 3.81. The van der Waals surface area contributed by atoms with Gasteiger partial charge in [0.25, 0.3) is 0 Å². The van der Waals surface area contributed by atoms with E-state index in [2.05, 4.69) is 43.6 Å². The lowest BCUT2D eigenvalue weighted by molar-refractivity contribution is 0.311. The van der Waals surface area contributed by atoms with Crippen LogP contribution in [0.3, 0.4) is 0 Å². The summed E-state index contributed by atoms with van der Waals surface area (Å²) in [6, 6.07) is 2.69. The lowest BCUT2D eigenvalue weighted by atomic mass is 10.0. The molecule has 2 aromatic rings. The fourth-order valence-corrected chi connectivity index (χ4v) is 3.48. The zero-order valence-electron chi connectivity index (χ0n) is 12.0. The first-order chi connectivity index (χ1) is 10.2. The summed E-state index contributed by atoms with van der Waals surface area (Å²) in [5.74, 6) is 6.33. The van der Waals surface area contributed by atoms with Crippen molar-refractivity contribution in [2.75, 3.05) is 23.5 Å². The van der Waals surface area contributed by atoms with Crippen molar-refractivity contribution in [3.8, 4) is 6.01 Å². The summed E-state index contributed by atoms with van der Waals surface area (Å²) >= 11 is 1.81. The summed E-state index contributed by atoms with van der Waals surface area (Å²) in [6.07, 6.45) is 0.998. The van der Waals surface area contributed by atoms with Crippen LogP contribution in [0.25, 0.3) is 0 Å². The van der Waals surface area contributed by atoms with Gasteiger partial charge in [-0.25, -0.2) is 5.84 Å². The van der Waals surface area contributed by atoms with Gasteiger partial charge in [-0.05, 0) is 37.3 Å². The Kier molecular flexibility index (Phi) is 3.89. The molecule has 112 valence electrons. The zero-order chi connectivity index (χ0) is 14.8. The van der Waals surface area contributed by atoms with Gasteiger partial charge >= 0.3 is 6.01 Å². The fraction of sp³-hybridized carbons (Fsp3) is 0.462. The Morgan fingerprint density at radius 1 is 1.48 bits per heavy atom. The average Bonchev–Trinajstić information content (AvgIpc) is 2.97. The molecule has 1 aliphatic rings. The normalized spacial score (nSPS) is 17.5. The Hall–Kier alpha value is -1.93. The molecule has 8 heteroatoms. The number of nitrogen functional groups attached to an aromatic ring is 1. The SMILES string of the molecule is CCOc1nc(NN)nc(N2CCc3sccc3C2C)n1. The van der Waals surface area contributed by atoms with Gasteiger partial charge in [-0.3, -0.25) is 5.43 Å². The van der Waals surface area contributed by atoms with Crippen LogP contribution >= 0.6 is 11.3 Å². The van der Waals surface area contributed by atoms with Gasteiger partial charge in [0.15, 0.2) is 0 Å². The van der Waals surface area contributed by atoms with E-state index in [4.69, 9.17) is 10.6 Å². The van der Waals surface area contributed by atoms with Crippen LogP contribution in [0, 0.1) is 0 Å². The van der Waals surface area contributed by atoms with Gasteiger partial charge < -0.3 is 9.64 Å². The topological polar surface area (TPSA) is 89.2 Å². The molecule has 0 aromatic carbocycles. The van der Waals surface area contributed by atoms with E-state index >= 15 is 0 Å². The second-order valence-corrected chi connectivity index (χ2v) is 5.74. The molecule has 1 aliphatic heterocycles. The molecule has 3 heterocycles. The van der Waals surface area contributed by atoms with Gasteiger partial charge in [0.1, 0.15) is 0 Å². The van der Waals surface area contributed by atoms with E-state index in [0.717, 1.165) is 13.0 Å². The molecule has 1 unspecified atom stereocenters. The zero-order valence-corrected chi connectivity index (χ0v) is 12.9. The highest BCUT2D eigenvalue weighted by Crippen LogP contribution is 2.35. The maximum Gasteiger partial charge on any atom is 0.323 e. The summed E-state index contributed by atoms with van der Waals surface area (Å²) < 4.78 is 5.39. The van der Waals surface area contributed by atoms with Crippen LogP contribution in [-0.4, -0.2) is 28.1 Å². The number of hydrazine groups is 1. The number of nitrogens with zero attached hydrogens (tertiary/aromatic N) is 4. The number of fused-ring (bicyclic) bond motifs is 1. The van der Waals surface area contributed by atoms with Crippen molar-refractivity contribution in [3.05, 3.63) is 21.9 Å². The van der Waals surface area contributed by atoms with Gasteiger partial charge in [-0.2, -0.15) is 15.0 Å². The van der Waals surface area contributed by atoms with Crippen molar-refractivity contribution in [2.45, 2.75) is 26.3 Å². The molecule has 7 nitrogen and oxygen atoms in total. The smallest absolute Gasteiger partial charge is 0.323 e. The van der Waals surface area contributed by atoms with Gasteiger partial charge in [-0.1, -0.05) is 0 Å². The van der Waals surface area contributed by atoms with Crippen molar-refractivity contribution in [1.82, 2.24) is 15.0 Å². The highest BCUT2D eigenvalue weighted by molar-refractivity contribution is 7.10. The number of thiophene rings is 1. The van der Waals surface area contributed by atoms with E-state index in [1.807, 2.05) is 18.3 Å². The average molecular weight is 306 g/mol. The fourth-order valence-electron chi connectivity index (χ4n) is 2.52. The summed E-state index contributed by atoms with van der Waals surface area (Å²) in [5, 5.41) is 2.14. The molecule has 2 aromatic heterocycles. The number of anilines is 2. The lowest BCUT2D eigenvalue weighted by Gasteiger charge is -2.33. The Labute approximate surface area is 127 Å². The third-order valence-electron chi connectivity index (χ3n) is 3.54. The van der Waals surface area contributed by atoms with E-state index < -0.39 is 0 Å². The van der Waals surface area contributed by atoms with Crippen molar-refractivity contribution in [2.24, 2.45) is 5.84 Å². The van der Waals surface area contributed by atoms with E-state index in [9.17, 15) is 0 Å². The molecule has 0 spiro atoms. The van der Waals surface area contributed by atoms with Gasteiger partial charge in [-0.15, -0.1) is 11.3 Å². The number of nitrogens with one attached hydrogen (secondary N) is 1. The number of hydrogen-bond donors (Lipinski definition) is 2. The number of rotatable bonds is 4. The van der Waals surface area contributed by atoms with Crippen LogP contribution in [0.5, 0.6) is 6.01 Å². The van der Waals surface area contributed by atoms with E-state index in [0.29, 0.717) is 24.5 Å². The van der Waals surface area contributed by atoms with Crippen LogP contribution in [0.4, 0.5) is 11.9 Å². The third kappa shape index (κ3) is 2.64. The van der Waals surface area contributed by atoms with Crippen molar-refractivity contribution in [3.63, 3.8) is 0 Å². The molecule has 0 aliphatic carbocycles. The minimum absolute atomic E-state index is 0.225. The summed E-state index contributed by atoms with van der Waals surface area (Å²) in [4.78, 5) is 16.4. The van der Waals surface area contributed by atoms with Crippen LogP contribution in [0.15, 0.2) is 11.4 Å². The molecule has 3 N–H and O–H groups in total. The maximum absolute atomic E-state index is 5.43. The Morgan fingerprint density at radius 3 is 3.10 bits per heavy atom. The molecule has 0 amide bonds. The van der Waals surface area contributed by atoms with Crippen molar-refractivity contribution < 1.29 is 4.74 Å². The van der Waals surface area contributed by atoms with Gasteiger partial charge in [0, 0.05) is 11.4 Å². The summed E-state index contributed by atoms with van der Waals surface area (Å²) in [6.45, 7) is 5.41. The number of ether oxygens (including phenoxy) is 1. The second kappa shape index (κ2) is 5.82. The van der Waals surface area contributed by atoms with E-state index in [-0.39, 0.29) is 6.04 Å². The number of nitrogens with two attached hydrogens (primary N) is 1. The predicted octanol–water partition coefficient (Wildman–Crippen LogP) is 1.74. The molecular weight excluding hydrogens is 288 g/mol. The van der Waals surface area contributed by atoms with E-state index in [1.54, 1.807) is 0 Å². The molecule has 0 radical (unpaired) electrons. The molecular formula is C13H18N6OS. The third-order valence-corrected chi connectivity index (χ3v) is 4.54. The molecule has 3 rings (SSSR count). The number of aromatic nitrogens is 3. The highest BCUT2D eigenvalue weighted by atomic mass is 32.1. The first-order valence-electron chi connectivity index (χ1n) is 6.91. The molecule has 0 fully saturated rings. The lowest BCUT2D eigenvalue weighted by Crippen LogP contribution is -2.34. The van der Waals surface area contributed by atoms with Gasteiger partial charge in [0.05, 0.1) is 12.6 Å². The molecule has 21 heavy (non-hydrogen) atoms. The first-order valence-corrected chi connectivity index (χ1v) is 7.79. The first kappa shape index (κ1) is 14.0. The number of hydrogen-bond acceptors (Lipinski definition) is 8. The Bertz CT molecular complexity index is 631. The molecule has 0 saturated carbocycles. The largest absolute Gasteiger partial charge is 0.464 e. The Balaban J connectivity index is 1.95. The van der Waals surface area contributed by atoms with Crippen molar-refractivity contribution >= 4 is 23.2 Å². The monoisotopic (exact) mass is 306 g/mol. The van der Waals surface area contributed by atoms with Crippen LogP contribution in [0.1, 0.15) is 30.3 Å². The van der Waals surface area contributed by atoms with Crippen LogP contribution in [-0.2, 0) is 6.42 Å². The summed E-state index contributed by atoms with van der Waals surface area (Å²) in [7, 11) is 0. The quantitative estimate of drug-likeness (QED) is 0.657. The van der Waals surface area contributed by atoms with Gasteiger partial charge in [0.2, 0.25) is 11.9 Å². The predicted molar refractivity (Wildman–Crippen MR) is 82.6 cm³/mol. The molecule has 1 atom stereocenters. The standard InChI is InChI=1S/C13H18N6OS/c1-3-20-13-16-11(18-14)15-12(17-13)19-6-4-10-9(8(19)2)5-7-21-10/h5,7-8H,3-4,6,14H2,1-2H3,(H,15,16,17,18). The molecule has 0 bridgehead atoms. The van der Waals surface area contributed by atoms with E-state index in [1.165, 1.54) is 10.4 Å². The molecule has 0 saturated heterocycles. The van der Waals surface area contributed by atoms with Crippen LogP contribution in [0.2, 0.25) is 0 Å². The Morgan fingerprint density at radius 2 is 2.33 bits per heavy atom. The highest BCUT2D eigenvalue weighted by Gasteiger charge is 2.27. The maximum atomic E-state index is 5.43. The minimum Gasteiger partial charge on any atom is -0.464 e. The van der Waals surface area contributed by atoms with Crippen molar-refractivity contribution in [1.29, 1.82) is 0 Å². The second-order valence-electron chi connectivity index (χ2n) is 4.74. The van der Waals surface area contributed by atoms with Crippen LogP contribution < -0.4 is 20.9 Å². The minimum atomic E-state index is 0.225.